The summed E-state index contributed by atoms with van der Waals surface area (Å²) in [5.41, 5.74) is 6.59. The second-order valence-electron chi connectivity index (χ2n) is 16.9. The molecule has 16 nitrogen and oxygen atoms in total. The number of morpholine rings is 2. The third-order valence-corrected chi connectivity index (χ3v) is 10.9. The molecule has 0 aliphatic carbocycles. The molecule has 3 saturated heterocycles. The van der Waals surface area contributed by atoms with Gasteiger partial charge >= 0.3 is 5.97 Å². The standard InChI is InChI=1S/C24H30N6O3.C20H26N6O/c1-24(2,3)33-23(31)18-5-4-10-30(18)19-15-20(29-11-13-32-14-12-29)27-21-16(19)6-8-25-22(21)17-7-9-26-28-17;1-14(2)13-25(3)17-12-18(26-8-10-27-11-9-26)23-19-15(17)4-6-21-20(19)16-5-7-22-24-16/h6-9,15,18H,4-5,10-14H2,1-3H3,(H,26,28);4-7,12,14H,8-11,13H2,1-3H3,(H,22,24)/t18-;/m0./s1. The molecule has 0 bridgehead atoms. The van der Waals surface area contributed by atoms with Gasteiger partial charge in [-0.2, -0.15) is 10.2 Å². The topological polar surface area (TPSA) is 167 Å². The van der Waals surface area contributed by atoms with Gasteiger partial charge in [0.05, 0.1) is 43.5 Å². The first-order valence-corrected chi connectivity index (χ1v) is 21.0. The number of ether oxygens (including phenoxy) is 3. The molecule has 0 spiro atoms. The van der Waals surface area contributed by atoms with Crippen LogP contribution in [-0.4, -0.2) is 131 Å². The lowest BCUT2D eigenvalue weighted by Crippen LogP contribution is -2.41. The minimum Gasteiger partial charge on any atom is -0.458 e. The van der Waals surface area contributed by atoms with Crippen molar-refractivity contribution in [2.75, 3.05) is 92.3 Å². The second kappa shape index (κ2) is 17.8. The lowest BCUT2D eigenvalue weighted by molar-refractivity contribution is -0.156. The number of carbonyl (C=O) groups excluding carboxylic acids is 1. The monoisotopic (exact) mass is 816 g/mol. The third kappa shape index (κ3) is 8.99. The summed E-state index contributed by atoms with van der Waals surface area (Å²) in [5.74, 6) is 2.23. The molecule has 0 unspecified atom stereocenters. The van der Waals surface area contributed by atoms with Crippen LogP contribution in [0.4, 0.5) is 23.0 Å². The Morgan fingerprint density at radius 2 is 1.35 bits per heavy atom. The Bertz CT molecular complexity index is 2370. The molecule has 3 aliphatic rings. The average Bonchev–Trinajstić information content (AvgIpc) is 4.07. The van der Waals surface area contributed by atoms with E-state index in [1.807, 2.05) is 45.2 Å². The Kier molecular flexibility index (Phi) is 12.1. The van der Waals surface area contributed by atoms with E-state index < -0.39 is 5.60 Å². The molecular weight excluding hydrogens is 761 g/mol. The van der Waals surface area contributed by atoms with Crippen LogP contribution in [0, 0.1) is 5.92 Å². The zero-order valence-corrected chi connectivity index (χ0v) is 35.5. The SMILES string of the molecule is CC(C)(C)OC(=O)[C@@H]1CCCN1c1cc(N2CCOCC2)nc2c(-c3ccn[nH]3)nccc12.CC(C)CN(C)c1cc(N2CCOCC2)nc2c(-c3ccn[nH]3)nccc12. The van der Waals surface area contributed by atoms with Gasteiger partial charge in [0.1, 0.15) is 45.7 Å². The minimum atomic E-state index is -0.525. The molecule has 2 N–H and O–H groups in total. The number of rotatable bonds is 9. The predicted molar refractivity (Wildman–Crippen MR) is 235 cm³/mol. The highest BCUT2D eigenvalue weighted by molar-refractivity contribution is 6.02. The maximum atomic E-state index is 13.1. The number of fused-ring (bicyclic) bond motifs is 2. The van der Waals surface area contributed by atoms with E-state index in [-0.39, 0.29) is 12.0 Å². The Hall–Kier alpha value is -5.87. The number of anilines is 4. The van der Waals surface area contributed by atoms with Crippen LogP contribution in [0.15, 0.2) is 61.2 Å². The minimum absolute atomic E-state index is 0.180. The number of aromatic nitrogens is 8. The summed E-state index contributed by atoms with van der Waals surface area (Å²) in [6.07, 6.45) is 8.79. The molecule has 9 rings (SSSR count). The predicted octanol–water partition coefficient (Wildman–Crippen LogP) is 6.12. The van der Waals surface area contributed by atoms with E-state index in [2.05, 4.69) is 89.1 Å². The van der Waals surface area contributed by atoms with Crippen LogP contribution in [-0.2, 0) is 19.0 Å². The van der Waals surface area contributed by atoms with Crippen LogP contribution in [0.3, 0.4) is 0 Å². The van der Waals surface area contributed by atoms with Gasteiger partial charge in [-0.1, -0.05) is 13.8 Å². The highest BCUT2D eigenvalue weighted by Crippen LogP contribution is 2.38. The molecule has 0 aromatic carbocycles. The van der Waals surface area contributed by atoms with Gasteiger partial charge in [-0.05, 0) is 63.8 Å². The van der Waals surface area contributed by atoms with Crippen molar-refractivity contribution in [1.29, 1.82) is 0 Å². The molecule has 316 valence electrons. The van der Waals surface area contributed by atoms with Crippen molar-refractivity contribution in [2.45, 2.75) is 59.1 Å². The summed E-state index contributed by atoms with van der Waals surface area (Å²) in [7, 11) is 2.15. The van der Waals surface area contributed by atoms with E-state index in [1.54, 1.807) is 18.6 Å². The summed E-state index contributed by atoms with van der Waals surface area (Å²) >= 11 is 0. The molecule has 9 heterocycles. The lowest BCUT2D eigenvalue weighted by atomic mass is 10.1. The molecule has 60 heavy (non-hydrogen) atoms. The fourth-order valence-corrected chi connectivity index (χ4v) is 8.19. The molecule has 0 radical (unpaired) electrons. The number of carbonyl (C=O) groups is 1. The molecule has 16 heteroatoms. The Morgan fingerprint density at radius 3 is 1.88 bits per heavy atom. The van der Waals surface area contributed by atoms with Crippen molar-refractivity contribution in [1.82, 2.24) is 40.3 Å². The normalized spacial score (nSPS) is 17.3. The maximum absolute atomic E-state index is 13.1. The van der Waals surface area contributed by atoms with Gasteiger partial charge in [0, 0.05) is 99.7 Å². The number of nitrogens with zero attached hydrogens (tertiary/aromatic N) is 10. The molecule has 3 fully saturated rings. The number of hydrogen-bond acceptors (Lipinski definition) is 14. The van der Waals surface area contributed by atoms with Gasteiger partial charge in [-0.3, -0.25) is 20.2 Å². The van der Waals surface area contributed by atoms with E-state index >= 15 is 0 Å². The van der Waals surface area contributed by atoms with E-state index in [1.165, 1.54) is 5.69 Å². The largest absolute Gasteiger partial charge is 0.458 e. The van der Waals surface area contributed by atoms with Crippen LogP contribution in [0.25, 0.3) is 44.6 Å². The fourth-order valence-electron chi connectivity index (χ4n) is 8.19. The molecule has 0 amide bonds. The van der Waals surface area contributed by atoms with Gasteiger partial charge in [-0.25, -0.2) is 14.8 Å². The number of esters is 1. The second-order valence-corrected chi connectivity index (χ2v) is 16.9. The van der Waals surface area contributed by atoms with Crippen molar-refractivity contribution >= 4 is 50.8 Å². The van der Waals surface area contributed by atoms with Crippen molar-refractivity contribution in [3.8, 4) is 22.8 Å². The number of hydrogen-bond donors (Lipinski definition) is 2. The number of pyridine rings is 4. The van der Waals surface area contributed by atoms with Crippen molar-refractivity contribution in [2.24, 2.45) is 5.92 Å². The quantitative estimate of drug-likeness (QED) is 0.160. The zero-order chi connectivity index (χ0) is 41.8. The zero-order valence-electron chi connectivity index (χ0n) is 35.5. The van der Waals surface area contributed by atoms with E-state index in [9.17, 15) is 4.79 Å². The fraction of sp³-hybridized carbons (Fsp3) is 0.477. The maximum Gasteiger partial charge on any atom is 0.329 e. The van der Waals surface area contributed by atoms with Crippen LogP contribution >= 0.6 is 0 Å². The summed E-state index contributed by atoms with van der Waals surface area (Å²) in [5, 5.41) is 16.3. The van der Waals surface area contributed by atoms with Gasteiger partial charge in [0.25, 0.3) is 0 Å². The molecule has 6 aromatic rings. The summed E-state index contributed by atoms with van der Waals surface area (Å²) in [6.45, 7) is 18.0. The molecule has 0 saturated carbocycles. The molecule has 3 aliphatic heterocycles. The first-order valence-electron chi connectivity index (χ1n) is 21.0. The Morgan fingerprint density at radius 1 is 0.800 bits per heavy atom. The van der Waals surface area contributed by atoms with Crippen LogP contribution in [0.5, 0.6) is 0 Å². The van der Waals surface area contributed by atoms with Gasteiger partial charge in [-0.15, -0.1) is 0 Å². The lowest BCUT2D eigenvalue weighted by Gasteiger charge is -2.32. The highest BCUT2D eigenvalue weighted by atomic mass is 16.6. The Labute approximate surface area is 350 Å². The smallest absolute Gasteiger partial charge is 0.329 e. The number of aromatic amines is 2. The van der Waals surface area contributed by atoms with Gasteiger partial charge < -0.3 is 33.8 Å². The van der Waals surface area contributed by atoms with Crippen LogP contribution in [0.2, 0.25) is 0 Å². The number of H-pyrrole nitrogens is 2. The van der Waals surface area contributed by atoms with Crippen LogP contribution < -0.4 is 19.6 Å². The van der Waals surface area contributed by atoms with Crippen molar-refractivity contribution in [3.63, 3.8) is 0 Å². The van der Waals surface area contributed by atoms with E-state index in [0.717, 1.165) is 127 Å². The van der Waals surface area contributed by atoms with Crippen molar-refractivity contribution < 1.29 is 19.0 Å². The average molecular weight is 817 g/mol. The van der Waals surface area contributed by atoms with Crippen molar-refractivity contribution in [3.05, 3.63) is 61.2 Å². The first kappa shape index (κ1) is 40.9. The summed E-state index contributed by atoms with van der Waals surface area (Å²) < 4.78 is 16.8. The van der Waals surface area contributed by atoms with Gasteiger partial charge in [0.2, 0.25) is 0 Å². The first-order chi connectivity index (χ1) is 29.0. The van der Waals surface area contributed by atoms with E-state index in [4.69, 9.17) is 24.2 Å². The number of nitrogens with one attached hydrogen (secondary N) is 2. The van der Waals surface area contributed by atoms with E-state index in [0.29, 0.717) is 19.1 Å². The summed E-state index contributed by atoms with van der Waals surface area (Å²) in [6, 6.07) is 11.8. The summed E-state index contributed by atoms with van der Waals surface area (Å²) in [4.78, 5) is 41.4. The molecule has 1 atom stereocenters. The van der Waals surface area contributed by atoms with Gasteiger partial charge in [0.15, 0.2) is 0 Å². The molecule has 6 aromatic heterocycles. The third-order valence-electron chi connectivity index (χ3n) is 10.9. The molecular formula is C44H56N12O4. The Balaban J connectivity index is 0.000000170. The highest BCUT2D eigenvalue weighted by Gasteiger charge is 2.36. The van der Waals surface area contributed by atoms with Crippen LogP contribution in [0.1, 0.15) is 47.5 Å².